The zero-order valence-electron chi connectivity index (χ0n) is 21.3. The fourth-order valence-electron chi connectivity index (χ4n) is 4.99. The van der Waals surface area contributed by atoms with E-state index in [2.05, 4.69) is 56.3 Å². The van der Waals surface area contributed by atoms with Crippen molar-refractivity contribution in [2.75, 3.05) is 11.9 Å². The number of hydrogen-bond acceptors (Lipinski definition) is 3. The molecule has 1 aliphatic heterocycles. The van der Waals surface area contributed by atoms with Gasteiger partial charge in [0.2, 0.25) is 5.91 Å². The van der Waals surface area contributed by atoms with Crippen LogP contribution in [0.25, 0.3) is 5.69 Å². The van der Waals surface area contributed by atoms with Gasteiger partial charge in [0, 0.05) is 41.9 Å². The fourth-order valence-corrected chi connectivity index (χ4v) is 5.32. The molecule has 1 aliphatic rings. The third kappa shape index (κ3) is 5.13. The first kappa shape index (κ1) is 24.7. The second kappa shape index (κ2) is 10.6. The summed E-state index contributed by atoms with van der Waals surface area (Å²) in [5.74, 6) is -0.0360. The molecule has 1 fully saturated rings. The number of aryl methyl sites for hydroxylation is 3. The van der Waals surface area contributed by atoms with Crippen LogP contribution in [-0.2, 0) is 4.79 Å². The van der Waals surface area contributed by atoms with Gasteiger partial charge in [-0.1, -0.05) is 36.4 Å². The third-order valence-electron chi connectivity index (χ3n) is 6.87. The van der Waals surface area contributed by atoms with E-state index in [1.807, 2.05) is 68.4 Å². The Bertz CT molecular complexity index is 1420. The van der Waals surface area contributed by atoms with Crippen LogP contribution in [-0.4, -0.2) is 32.0 Å². The molecule has 2 N–H and O–H groups in total. The minimum Gasteiger partial charge on any atom is -0.352 e. The standard InChI is InChI=1S/C30H31N5OS/c1-20-12-13-21(2)25(19-20)32-27(36)16-18-34-29(28(33-30(34)37)24-11-7-8-17-31-24)26-15-14-22(3)35(26)23-9-5-4-6-10-23/h4-15,17,19,28-29H,16,18H2,1-3H3,(H,32,36)(H,33,37)/t28-,29-/m0/s1. The molecule has 3 heterocycles. The van der Waals surface area contributed by atoms with Crippen LogP contribution in [0.4, 0.5) is 5.69 Å². The number of nitrogens with zero attached hydrogens (tertiary/aromatic N) is 3. The normalized spacial score (nSPS) is 17.1. The van der Waals surface area contributed by atoms with E-state index in [9.17, 15) is 4.79 Å². The SMILES string of the molecule is Cc1ccc(C)c(NC(=O)CCN2C(=S)N[C@@H](c3ccccn3)[C@@H]2c2ccc(C)n2-c2ccccc2)c1. The maximum atomic E-state index is 13.0. The van der Waals surface area contributed by atoms with E-state index in [1.54, 1.807) is 6.20 Å². The molecule has 0 unspecified atom stereocenters. The van der Waals surface area contributed by atoms with Crippen molar-refractivity contribution in [3.05, 3.63) is 113 Å². The number of thiocarbonyl (C=S) groups is 1. The monoisotopic (exact) mass is 509 g/mol. The van der Waals surface area contributed by atoms with Gasteiger partial charge in [0.25, 0.3) is 0 Å². The number of rotatable bonds is 7. The summed E-state index contributed by atoms with van der Waals surface area (Å²) in [5.41, 5.74) is 7.24. The van der Waals surface area contributed by atoms with Crippen molar-refractivity contribution in [2.24, 2.45) is 0 Å². The molecule has 2 aromatic carbocycles. The quantitative estimate of drug-likeness (QED) is 0.309. The van der Waals surface area contributed by atoms with Crippen molar-refractivity contribution in [3.8, 4) is 5.69 Å². The lowest BCUT2D eigenvalue weighted by Crippen LogP contribution is -2.33. The summed E-state index contributed by atoms with van der Waals surface area (Å²) in [6.45, 7) is 6.61. The number of hydrogen-bond donors (Lipinski definition) is 2. The van der Waals surface area contributed by atoms with Crippen molar-refractivity contribution in [1.29, 1.82) is 0 Å². The second-order valence-electron chi connectivity index (χ2n) is 9.51. The van der Waals surface area contributed by atoms with Crippen LogP contribution in [0.15, 0.2) is 85.1 Å². The first-order valence-corrected chi connectivity index (χ1v) is 12.9. The number of amides is 1. The predicted octanol–water partition coefficient (Wildman–Crippen LogP) is 5.80. The number of benzene rings is 2. The zero-order valence-corrected chi connectivity index (χ0v) is 22.1. The molecule has 7 heteroatoms. The van der Waals surface area contributed by atoms with Crippen molar-refractivity contribution in [2.45, 2.75) is 39.3 Å². The van der Waals surface area contributed by atoms with Gasteiger partial charge >= 0.3 is 0 Å². The molecular formula is C30H31N5OS. The van der Waals surface area contributed by atoms with E-state index < -0.39 is 0 Å². The van der Waals surface area contributed by atoms with Crippen LogP contribution in [0.3, 0.4) is 0 Å². The molecule has 2 atom stereocenters. The summed E-state index contributed by atoms with van der Waals surface area (Å²) in [4.78, 5) is 19.8. The average molecular weight is 510 g/mol. The minimum absolute atomic E-state index is 0.0360. The fraction of sp³-hybridized carbons (Fsp3) is 0.233. The van der Waals surface area contributed by atoms with Gasteiger partial charge in [-0.25, -0.2) is 0 Å². The zero-order chi connectivity index (χ0) is 25.9. The third-order valence-corrected chi connectivity index (χ3v) is 7.22. The molecule has 1 amide bonds. The average Bonchev–Trinajstić information content (AvgIpc) is 3.44. The predicted molar refractivity (Wildman–Crippen MR) is 152 cm³/mol. The van der Waals surface area contributed by atoms with Gasteiger partial charge in [0.15, 0.2) is 5.11 Å². The van der Waals surface area contributed by atoms with E-state index in [0.717, 1.165) is 39.6 Å². The summed E-state index contributed by atoms with van der Waals surface area (Å²) in [5, 5.41) is 7.20. The van der Waals surface area contributed by atoms with Crippen LogP contribution >= 0.6 is 12.2 Å². The van der Waals surface area contributed by atoms with E-state index >= 15 is 0 Å². The number of aromatic nitrogens is 2. The van der Waals surface area contributed by atoms with E-state index in [0.29, 0.717) is 18.1 Å². The summed E-state index contributed by atoms with van der Waals surface area (Å²) in [6, 6.07) is 26.3. The molecule has 5 rings (SSSR count). The number of anilines is 1. The van der Waals surface area contributed by atoms with Crippen molar-refractivity contribution in [1.82, 2.24) is 19.8 Å². The number of para-hydroxylation sites is 1. The number of carbonyl (C=O) groups excluding carboxylic acids is 1. The van der Waals surface area contributed by atoms with Crippen molar-refractivity contribution < 1.29 is 4.79 Å². The largest absolute Gasteiger partial charge is 0.352 e. The maximum absolute atomic E-state index is 13.0. The first-order valence-electron chi connectivity index (χ1n) is 12.5. The van der Waals surface area contributed by atoms with Gasteiger partial charge in [-0.3, -0.25) is 9.78 Å². The smallest absolute Gasteiger partial charge is 0.226 e. The van der Waals surface area contributed by atoms with Crippen molar-refractivity contribution in [3.63, 3.8) is 0 Å². The van der Waals surface area contributed by atoms with Gasteiger partial charge in [0.05, 0.1) is 17.8 Å². The Hall–Kier alpha value is -3.97. The lowest BCUT2D eigenvalue weighted by Gasteiger charge is -2.29. The Morgan fingerprint density at radius 3 is 2.54 bits per heavy atom. The Morgan fingerprint density at radius 1 is 1.00 bits per heavy atom. The molecule has 4 aromatic rings. The molecule has 188 valence electrons. The Labute approximate surface area is 223 Å². The minimum atomic E-state index is -0.146. The molecule has 0 saturated carbocycles. The molecule has 0 bridgehead atoms. The molecule has 37 heavy (non-hydrogen) atoms. The van der Waals surface area contributed by atoms with Gasteiger partial charge in [-0.15, -0.1) is 0 Å². The van der Waals surface area contributed by atoms with Gasteiger partial charge < -0.3 is 20.1 Å². The summed E-state index contributed by atoms with van der Waals surface area (Å²) in [6.07, 6.45) is 2.12. The lowest BCUT2D eigenvalue weighted by atomic mass is 10.0. The van der Waals surface area contributed by atoms with E-state index in [4.69, 9.17) is 12.2 Å². The van der Waals surface area contributed by atoms with E-state index in [1.165, 1.54) is 0 Å². The van der Waals surface area contributed by atoms with Crippen LogP contribution in [0.5, 0.6) is 0 Å². The van der Waals surface area contributed by atoms with Gasteiger partial charge in [0.1, 0.15) is 0 Å². The molecule has 6 nitrogen and oxygen atoms in total. The Kier molecular flexibility index (Phi) is 7.06. The molecule has 1 saturated heterocycles. The number of carbonyl (C=O) groups is 1. The summed E-state index contributed by atoms with van der Waals surface area (Å²) in [7, 11) is 0. The highest BCUT2D eigenvalue weighted by atomic mass is 32.1. The molecule has 0 spiro atoms. The summed E-state index contributed by atoms with van der Waals surface area (Å²) >= 11 is 5.83. The number of pyridine rings is 1. The van der Waals surface area contributed by atoms with Crippen LogP contribution in [0, 0.1) is 20.8 Å². The molecule has 2 aromatic heterocycles. The Balaban J connectivity index is 1.46. The van der Waals surface area contributed by atoms with Crippen LogP contribution in [0.1, 0.15) is 46.7 Å². The maximum Gasteiger partial charge on any atom is 0.226 e. The molecule has 0 radical (unpaired) electrons. The van der Waals surface area contributed by atoms with Crippen LogP contribution < -0.4 is 10.6 Å². The lowest BCUT2D eigenvalue weighted by molar-refractivity contribution is -0.116. The molecular weight excluding hydrogens is 478 g/mol. The topological polar surface area (TPSA) is 62.2 Å². The highest BCUT2D eigenvalue weighted by Crippen LogP contribution is 2.40. The van der Waals surface area contributed by atoms with Crippen LogP contribution in [0.2, 0.25) is 0 Å². The second-order valence-corrected chi connectivity index (χ2v) is 9.89. The highest BCUT2D eigenvalue weighted by molar-refractivity contribution is 7.80. The van der Waals surface area contributed by atoms with Gasteiger partial charge in [-0.2, -0.15) is 0 Å². The van der Waals surface area contributed by atoms with Gasteiger partial charge in [-0.05, 0) is 86.6 Å². The summed E-state index contributed by atoms with van der Waals surface area (Å²) < 4.78 is 2.26. The van der Waals surface area contributed by atoms with E-state index in [-0.39, 0.29) is 18.0 Å². The first-order chi connectivity index (χ1) is 17.9. The van der Waals surface area contributed by atoms with Crippen molar-refractivity contribution >= 4 is 28.9 Å². The Morgan fingerprint density at radius 2 is 1.78 bits per heavy atom. The molecule has 0 aliphatic carbocycles. The highest BCUT2D eigenvalue weighted by Gasteiger charge is 2.41. The number of nitrogens with one attached hydrogen (secondary N) is 2.